The van der Waals surface area contributed by atoms with E-state index in [1.54, 1.807) is 12.1 Å². The first-order valence-corrected chi connectivity index (χ1v) is 6.51. The Bertz CT molecular complexity index is 700. The lowest BCUT2D eigenvalue weighted by Gasteiger charge is -2.04. The monoisotopic (exact) mass is 305 g/mol. The lowest BCUT2D eigenvalue weighted by Crippen LogP contribution is -2.08. The maximum atomic E-state index is 12.0. The molecule has 0 saturated heterocycles. The molecule has 0 aliphatic rings. The van der Waals surface area contributed by atoms with Crippen LogP contribution in [0.5, 0.6) is 5.75 Å². The van der Waals surface area contributed by atoms with Crippen molar-refractivity contribution in [3.8, 4) is 5.75 Å². The highest BCUT2D eigenvalue weighted by Crippen LogP contribution is 2.24. The van der Waals surface area contributed by atoms with Crippen LogP contribution in [-0.4, -0.2) is 26.9 Å². The Morgan fingerprint density at radius 1 is 1.10 bits per heavy atom. The molecule has 2 rings (SSSR count). The van der Waals surface area contributed by atoms with Gasteiger partial charge in [0.05, 0.1) is 5.02 Å². The van der Waals surface area contributed by atoms with Gasteiger partial charge in [-0.05, 0) is 35.4 Å². The van der Waals surface area contributed by atoms with Crippen LogP contribution in [0.3, 0.4) is 0 Å². The van der Waals surface area contributed by atoms with Gasteiger partial charge in [0.1, 0.15) is 17.2 Å². The summed E-state index contributed by atoms with van der Waals surface area (Å²) in [5.74, 6) is -1.30. The molecule has 0 saturated carbocycles. The normalized spacial score (nSPS) is 10.3. The number of hydrogen-bond donors (Lipinski definition) is 2. The molecule has 0 aliphatic carbocycles. The number of Topliss-reactive ketones (excluding diaryl/α,β-unsaturated/α-hetero) is 1. The maximum Gasteiger partial charge on any atom is 0.354 e. The number of aromatic hydroxyl groups is 1. The number of carboxylic acids is 1. The van der Waals surface area contributed by atoms with Crippen molar-refractivity contribution >= 4 is 23.4 Å². The minimum Gasteiger partial charge on any atom is -0.506 e. The van der Waals surface area contributed by atoms with Gasteiger partial charge in [-0.3, -0.25) is 4.79 Å². The van der Waals surface area contributed by atoms with E-state index < -0.39 is 5.97 Å². The Kier molecular flexibility index (Phi) is 4.55. The maximum absolute atomic E-state index is 12.0. The summed E-state index contributed by atoms with van der Waals surface area (Å²) in [7, 11) is 0. The molecule has 0 radical (unpaired) electrons. The lowest BCUT2D eigenvalue weighted by molar-refractivity contribution is -0.117. The fraction of sp³-hybridized carbons (Fsp3) is 0.133. The number of pyridine rings is 1. The van der Waals surface area contributed by atoms with Crippen molar-refractivity contribution in [2.24, 2.45) is 0 Å². The van der Waals surface area contributed by atoms with Gasteiger partial charge in [0.25, 0.3) is 0 Å². The van der Waals surface area contributed by atoms with Crippen molar-refractivity contribution in [1.82, 2.24) is 4.98 Å². The van der Waals surface area contributed by atoms with Gasteiger partial charge in [0.15, 0.2) is 0 Å². The zero-order valence-electron chi connectivity index (χ0n) is 10.9. The number of carbonyl (C=O) groups excluding carboxylic acids is 1. The van der Waals surface area contributed by atoms with Crippen LogP contribution in [-0.2, 0) is 17.6 Å². The van der Waals surface area contributed by atoms with Crippen molar-refractivity contribution in [1.29, 1.82) is 0 Å². The van der Waals surface area contributed by atoms with E-state index in [1.165, 1.54) is 24.4 Å². The zero-order chi connectivity index (χ0) is 15.4. The van der Waals surface area contributed by atoms with Crippen LogP contribution >= 0.6 is 11.6 Å². The number of nitrogens with zero attached hydrogens (tertiary/aromatic N) is 1. The van der Waals surface area contributed by atoms with E-state index in [0.717, 1.165) is 0 Å². The second-order valence-electron chi connectivity index (χ2n) is 4.53. The number of hydrogen-bond acceptors (Lipinski definition) is 4. The molecule has 2 aromatic rings. The minimum absolute atomic E-state index is 0.0703. The number of carboxylic acid groups (broad SMARTS) is 1. The number of aromatic nitrogens is 1. The third kappa shape index (κ3) is 4.03. The van der Waals surface area contributed by atoms with Crippen LogP contribution in [0.2, 0.25) is 5.02 Å². The van der Waals surface area contributed by atoms with Crippen molar-refractivity contribution in [2.45, 2.75) is 12.8 Å². The predicted octanol–water partition coefficient (Wildman–Crippen LogP) is 2.49. The summed E-state index contributed by atoms with van der Waals surface area (Å²) in [4.78, 5) is 26.5. The molecule has 0 spiro atoms. The first-order valence-electron chi connectivity index (χ1n) is 6.13. The molecule has 0 aliphatic heterocycles. The highest BCUT2D eigenvalue weighted by molar-refractivity contribution is 6.32. The highest BCUT2D eigenvalue weighted by Gasteiger charge is 2.10. The minimum atomic E-state index is -1.13. The number of carbonyl (C=O) groups is 2. The Morgan fingerprint density at radius 2 is 1.76 bits per heavy atom. The molecular formula is C15H12ClNO4. The lowest BCUT2D eigenvalue weighted by atomic mass is 10.0. The Balaban J connectivity index is 2.06. The predicted molar refractivity (Wildman–Crippen MR) is 76.7 cm³/mol. The number of halogens is 1. The van der Waals surface area contributed by atoms with Gasteiger partial charge in [-0.2, -0.15) is 0 Å². The fourth-order valence-corrected chi connectivity index (χ4v) is 2.00. The number of benzene rings is 1. The number of phenols is 1. The largest absolute Gasteiger partial charge is 0.506 e. The Hall–Kier alpha value is -2.40. The van der Waals surface area contributed by atoms with Crippen LogP contribution < -0.4 is 0 Å². The number of rotatable bonds is 5. The topological polar surface area (TPSA) is 87.5 Å². The van der Waals surface area contributed by atoms with Gasteiger partial charge in [-0.1, -0.05) is 17.7 Å². The van der Waals surface area contributed by atoms with E-state index in [2.05, 4.69) is 4.98 Å². The van der Waals surface area contributed by atoms with Crippen molar-refractivity contribution in [3.05, 3.63) is 58.4 Å². The fourth-order valence-electron chi connectivity index (χ4n) is 1.89. The molecule has 21 heavy (non-hydrogen) atoms. The van der Waals surface area contributed by atoms with Crippen LogP contribution in [0.15, 0.2) is 36.5 Å². The first-order chi connectivity index (χ1) is 9.95. The van der Waals surface area contributed by atoms with Crippen molar-refractivity contribution < 1.29 is 19.8 Å². The average molecular weight is 306 g/mol. The van der Waals surface area contributed by atoms with Crippen molar-refractivity contribution in [3.63, 3.8) is 0 Å². The summed E-state index contributed by atoms with van der Waals surface area (Å²) in [6.07, 6.45) is 1.60. The molecule has 1 heterocycles. The molecule has 5 nitrogen and oxygen atoms in total. The molecule has 0 amide bonds. The van der Waals surface area contributed by atoms with Crippen LogP contribution in [0.25, 0.3) is 0 Å². The summed E-state index contributed by atoms with van der Waals surface area (Å²) < 4.78 is 0. The molecule has 1 aromatic carbocycles. The molecule has 1 aromatic heterocycles. The molecule has 0 atom stereocenters. The van der Waals surface area contributed by atoms with Crippen LogP contribution in [0.1, 0.15) is 21.6 Å². The zero-order valence-corrected chi connectivity index (χ0v) is 11.7. The Morgan fingerprint density at radius 3 is 2.38 bits per heavy atom. The van der Waals surface area contributed by atoms with Crippen LogP contribution in [0.4, 0.5) is 0 Å². The molecule has 108 valence electrons. The van der Waals surface area contributed by atoms with E-state index >= 15 is 0 Å². The van der Waals surface area contributed by atoms with Gasteiger partial charge in [0.2, 0.25) is 0 Å². The van der Waals surface area contributed by atoms with E-state index in [4.69, 9.17) is 16.7 Å². The standard InChI is InChI=1S/C15H12ClNO4/c16-12-2-1-9(8-14(12)19)5-11(18)6-10-3-4-17-13(7-10)15(20)21/h1-4,7-8,19H,5-6H2,(H,20,21). The van der Waals surface area contributed by atoms with E-state index in [1.807, 2.05) is 0 Å². The number of phenolic OH excluding ortho intramolecular Hbond substituents is 1. The Labute approximate surface area is 125 Å². The summed E-state index contributed by atoms with van der Waals surface area (Å²) in [5.41, 5.74) is 1.14. The van der Waals surface area contributed by atoms with E-state index in [9.17, 15) is 14.7 Å². The van der Waals surface area contributed by atoms with E-state index in [0.29, 0.717) is 11.1 Å². The summed E-state index contributed by atoms with van der Waals surface area (Å²) in [6.45, 7) is 0. The smallest absolute Gasteiger partial charge is 0.354 e. The average Bonchev–Trinajstić information content (AvgIpc) is 2.43. The highest BCUT2D eigenvalue weighted by atomic mass is 35.5. The number of ketones is 1. The SMILES string of the molecule is O=C(Cc1ccnc(C(=O)O)c1)Cc1ccc(Cl)c(O)c1. The quantitative estimate of drug-likeness (QED) is 0.886. The second-order valence-corrected chi connectivity index (χ2v) is 4.94. The second kappa shape index (κ2) is 6.37. The summed E-state index contributed by atoms with van der Waals surface area (Å²) in [5, 5.41) is 18.6. The van der Waals surface area contributed by atoms with Gasteiger partial charge in [-0.15, -0.1) is 0 Å². The van der Waals surface area contributed by atoms with Gasteiger partial charge < -0.3 is 10.2 Å². The van der Waals surface area contributed by atoms with Crippen molar-refractivity contribution in [2.75, 3.05) is 0 Å². The van der Waals surface area contributed by atoms with Gasteiger partial charge >= 0.3 is 5.97 Å². The molecular weight excluding hydrogens is 294 g/mol. The van der Waals surface area contributed by atoms with Gasteiger partial charge in [-0.25, -0.2) is 9.78 Å². The molecule has 0 fully saturated rings. The molecule has 6 heteroatoms. The summed E-state index contributed by atoms with van der Waals surface area (Å²) >= 11 is 5.70. The molecule has 0 bridgehead atoms. The third-order valence-electron chi connectivity index (χ3n) is 2.86. The van der Waals surface area contributed by atoms with E-state index in [-0.39, 0.29) is 35.1 Å². The molecule has 0 unspecified atom stereocenters. The summed E-state index contributed by atoms with van der Waals surface area (Å²) in [6, 6.07) is 7.60. The van der Waals surface area contributed by atoms with Gasteiger partial charge in [0, 0.05) is 19.0 Å². The first kappa shape index (κ1) is 15.0. The number of aromatic carboxylic acids is 1. The third-order valence-corrected chi connectivity index (χ3v) is 3.18. The van der Waals surface area contributed by atoms with Crippen LogP contribution in [0, 0.1) is 0 Å². The molecule has 2 N–H and O–H groups in total.